The second-order valence-corrected chi connectivity index (χ2v) is 9.28. The first kappa shape index (κ1) is 20.8. The second-order valence-electron chi connectivity index (χ2n) is 7.47. The van der Waals surface area contributed by atoms with Gasteiger partial charge in [0.2, 0.25) is 20.9 Å². The molecule has 9 heteroatoms. The quantitative estimate of drug-likeness (QED) is 0.431. The van der Waals surface area contributed by atoms with Crippen LogP contribution in [0.4, 0.5) is 10.3 Å². The van der Waals surface area contributed by atoms with E-state index in [1.54, 1.807) is 54.1 Å². The predicted molar refractivity (Wildman–Crippen MR) is 123 cm³/mol. The minimum Gasteiger partial charge on any atom is -0.368 e. The Morgan fingerprint density at radius 3 is 2.30 bits per heavy atom. The molecule has 7 nitrogen and oxygen atoms in total. The molecule has 2 N–H and O–H groups in total. The van der Waals surface area contributed by atoms with Crippen molar-refractivity contribution in [2.45, 2.75) is 10.1 Å². The fraction of sp³-hybridized carbons (Fsp3) is 0.0417. The van der Waals surface area contributed by atoms with Gasteiger partial charge in [-0.3, -0.25) is 0 Å². The topological polar surface area (TPSA) is 104 Å². The minimum atomic E-state index is -3.99. The van der Waals surface area contributed by atoms with Gasteiger partial charge in [0.05, 0.1) is 15.9 Å². The Bertz CT molecular complexity index is 1610. The van der Waals surface area contributed by atoms with Crippen molar-refractivity contribution in [1.82, 2.24) is 19.5 Å². The number of fused-ring (bicyclic) bond motifs is 1. The lowest BCUT2D eigenvalue weighted by Gasteiger charge is -2.12. The molecule has 0 spiro atoms. The first-order valence-electron chi connectivity index (χ1n) is 9.99. The van der Waals surface area contributed by atoms with Crippen LogP contribution in [0.5, 0.6) is 0 Å². The third kappa shape index (κ3) is 3.52. The van der Waals surface area contributed by atoms with Gasteiger partial charge in [-0.1, -0.05) is 42.5 Å². The summed E-state index contributed by atoms with van der Waals surface area (Å²) in [6, 6.07) is 18.2. The molecule has 0 unspecified atom stereocenters. The molecule has 0 saturated heterocycles. The van der Waals surface area contributed by atoms with Gasteiger partial charge in [-0.15, -0.1) is 0 Å². The van der Waals surface area contributed by atoms with Crippen molar-refractivity contribution < 1.29 is 12.8 Å². The Kier molecular flexibility index (Phi) is 4.90. The van der Waals surface area contributed by atoms with E-state index in [9.17, 15) is 8.42 Å². The molecule has 5 aromatic rings. The second kappa shape index (κ2) is 7.79. The van der Waals surface area contributed by atoms with Gasteiger partial charge < -0.3 is 10.3 Å². The van der Waals surface area contributed by atoms with Crippen LogP contribution in [0, 0.1) is 5.82 Å². The van der Waals surface area contributed by atoms with E-state index >= 15 is 4.39 Å². The summed E-state index contributed by atoms with van der Waals surface area (Å²) in [6.45, 7) is 0. The highest BCUT2D eigenvalue weighted by Gasteiger charge is 2.27. The van der Waals surface area contributed by atoms with Crippen LogP contribution in [-0.2, 0) is 16.9 Å². The summed E-state index contributed by atoms with van der Waals surface area (Å²) in [4.78, 5) is 12.2. The number of sulfone groups is 1. The Morgan fingerprint density at radius 2 is 1.58 bits per heavy atom. The first-order chi connectivity index (χ1) is 15.9. The molecule has 0 radical (unpaired) electrons. The van der Waals surface area contributed by atoms with Crippen LogP contribution in [0.15, 0.2) is 89.2 Å². The lowest BCUT2D eigenvalue weighted by Crippen LogP contribution is -2.10. The van der Waals surface area contributed by atoms with Crippen molar-refractivity contribution >= 4 is 26.8 Å². The van der Waals surface area contributed by atoms with Crippen LogP contribution in [0.25, 0.3) is 33.3 Å². The van der Waals surface area contributed by atoms with E-state index in [-0.39, 0.29) is 21.6 Å². The minimum absolute atomic E-state index is 0.0476. The molecule has 0 fully saturated rings. The van der Waals surface area contributed by atoms with Crippen LogP contribution < -0.4 is 5.73 Å². The van der Waals surface area contributed by atoms with Crippen LogP contribution in [-0.4, -0.2) is 27.9 Å². The fourth-order valence-electron chi connectivity index (χ4n) is 3.80. The summed E-state index contributed by atoms with van der Waals surface area (Å²) < 4.78 is 43.8. The number of anilines is 1. The highest BCUT2D eigenvalue weighted by atomic mass is 32.2. The fourth-order valence-corrected chi connectivity index (χ4v) is 5.40. The number of aromatic nitrogens is 4. The first-order valence-corrected chi connectivity index (χ1v) is 11.5. The molecule has 2 aromatic heterocycles. The summed E-state index contributed by atoms with van der Waals surface area (Å²) in [5.74, 6) is -0.437. The summed E-state index contributed by atoms with van der Waals surface area (Å²) in [5.41, 5.74) is 8.34. The third-order valence-electron chi connectivity index (χ3n) is 5.43. The van der Waals surface area contributed by atoms with Crippen molar-refractivity contribution in [3.63, 3.8) is 0 Å². The number of halogens is 1. The van der Waals surface area contributed by atoms with E-state index in [0.717, 1.165) is 0 Å². The monoisotopic (exact) mass is 459 g/mol. The maximum atomic E-state index is 15.0. The summed E-state index contributed by atoms with van der Waals surface area (Å²) >= 11 is 0. The zero-order valence-electron chi connectivity index (χ0n) is 17.5. The Labute approximate surface area is 189 Å². The normalized spacial score (nSPS) is 11.7. The summed E-state index contributed by atoms with van der Waals surface area (Å²) in [6.07, 6.45) is 2.87. The highest BCUT2D eigenvalue weighted by molar-refractivity contribution is 7.91. The van der Waals surface area contributed by atoms with Crippen molar-refractivity contribution in [1.29, 1.82) is 0 Å². The van der Waals surface area contributed by atoms with Crippen molar-refractivity contribution in [3.05, 3.63) is 84.9 Å². The van der Waals surface area contributed by atoms with Crippen LogP contribution in [0.2, 0.25) is 0 Å². The van der Waals surface area contributed by atoms with Gasteiger partial charge in [-0.25, -0.2) is 27.8 Å². The van der Waals surface area contributed by atoms with Gasteiger partial charge in [-0.2, -0.15) is 0 Å². The van der Waals surface area contributed by atoms with Crippen molar-refractivity contribution in [2.75, 3.05) is 5.73 Å². The Hall–Kier alpha value is -4.11. The van der Waals surface area contributed by atoms with Gasteiger partial charge in [-0.05, 0) is 29.8 Å². The zero-order chi connectivity index (χ0) is 23.2. The van der Waals surface area contributed by atoms with Crippen molar-refractivity contribution in [3.8, 4) is 22.3 Å². The number of aryl methyl sites for hydroxylation is 1. The van der Waals surface area contributed by atoms with Gasteiger partial charge in [0.25, 0.3) is 0 Å². The van der Waals surface area contributed by atoms with E-state index in [1.807, 2.05) is 12.1 Å². The van der Waals surface area contributed by atoms with Crippen molar-refractivity contribution in [2.24, 2.45) is 7.05 Å². The van der Waals surface area contributed by atoms with E-state index in [4.69, 9.17) is 5.73 Å². The molecule has 5 rings (SSSR count). The Morgan fingerprint density at radius 1 is 0.879 bits per heavy atom. The lowest BCUT2D eigenvalue weighted by molar-refractivity contribution is 0.581. The molecule has 0 aliphatic heterocycles. The number of para-hydroxylation sites is 2. The summed E-state index contributed by atoms with van der Waals surface area (Å²) in [7, 11) is -2.33. The van der Waals surface area contributed by atoms with Crippen LogP contribution in [0.3, 0.4) is 0 Å². The number of rotatable bonds is 4. The SMILES string of the molecule is Cn1c(S(=O)(=O)c2ccccc2-c2ccc(-c3cnc(N)nc3)c(F)c2)nc2ccccc21. The van der Waals surface area contributed by atoms with Gasteiger partial charge >= 0.3 is 0 Å². The summed E-state index contributed by atoms with van der Waals surface area (Å²) in [5, 5.41) is -0.0766. The molecule has 0 amide bonds. The number of benzene rings is 3. The molecular weight excluding hydrogens is 441 g/mol. The largest absolute Gasteiger partial charge is 0.368 e. The van der Waals surface area contributed by atoms with Gasteiger partial charge in [0.15, 0.2) is 0 Å². The Balaban J connectivity index is 1.63. The number of nitrogens with zero attached hydrogens (tertiary/aromatic N) is 4. The molecule has 2 heterocycles. The maximum Gasteiger partial charge on any atom is 0.240 e. The number of nitrogens with two attached hydrogens (primary N) is 1. The molecule has 0 aliphatic carbocycles. The third-order valence-corrected chi connectivity index (χ3v) is 7.21. The number of imidazole rings is 1. The van der Waals surface area contributed by atoms with Crippen LogP contribution >= 0.6 is 0 Å². The van der Waals surface area contributed by atoms with E-state index < -0.39 is 15.7 Å². The molecule has 0 atom stereocenters. The highest BCUT2D eigenvalue weighted by Crippen LogP contribution is 2.34. The molecular formula is C24H18FN5O2S. The molecule has 0 bridgehead atoms. The molecule has 164 valence electrons. The predicted octanol–water partition coefficient (Wildman–Crippen LogP) is 4.25. The molecule has 0 aliphatic rings. The van der Waals surface area contributed by atoms with Gasteiger partial charge in [0, 0.05) is 36.1 Å². The molecule has 33 heavy (non-hydrogen) atoms. The lowest BCUT2D eigenvalue weighted by atomic mass is 10.0. The average molecular weight is 460 g/mol. The molecule has 0 saturated carbocycles. The number of nitrogen functional groups attached to an aromatic ring is 1. The number of hydrogen-bond acceptors (Lipinski definition) is 6. The van der Waals surface area contributed by atoms with E-state index in [1.165, 1.54) is 24.5 Å². The smallest absolute Gasteiger partial charge is 0.240 e. The van der Waals surface area contributed by atoms with Gasteiger partial charge in [0.1, 0.15) is 5.82 Å². The standard InChI is InChI=1S/C24H18FN5O2S/c1-30-21-8-4-3-7-20(21)29-24(30)33(31,32)22-9-5-2-6-18(22)15-10-11-17(19(25)12-15)16-13-27-23(26)28-14-16/h2-14H,1H3,(H2,26,27,28). The van der Waals surface area contributed by atoms with E-state index in [2.05, 4.69) is 15.0 Å². The molecule has 3 aromatic carbocycles. The maximum absolute atomic E-state index is 15.0. The van der Waals surface area contributed by atoms with Crippen LogP contribution in [0.1, 0.15) is 0 Å². The number of hydrogen-bond donors (Lipinski definition) is 1. The zero-order valence-corrected chi connectivity index (χ0v) is 18.3. The van der Waals surface area contributed by atoms with E-state index in [0.29, 0.717) is 27.7 Å². The average Bonchev–Trinajstić information content (AvgIpc) is 3.17.